The molecule has 0 amide bonds. The summed E-state index contributed by atoms with van der Waals surface area (Å²) in [6, 6.07) is 0. The Balaban J connectivity index is 2.35. The Morgan fingerprint density at radius 3 is 3.08 bits per heavy atom. The molecule has 3 aliphatic rings. The lowest BCUT2D eigenvalue weighted by atomic mass is 9.73. The zero-order chi connectivity index (χ0) is 8.77. The monoisotopic (exact) mass is 166 g/mol. The highest BCUT2D eigenvalue weighted by Crippen LogP contribution is 2.39. The highest BCUT2D eigenvalue weighted by atomic mass is 16.5. The third-order valence-electron chi connectivity index (χ3n) is 2.93. The fraction of sp³-hybridized carbons (Fsp3) is 0.700. The van der Waals surface area contributed by atoms with Gasteiger partial charge in [0.1, 0.15) is 11.4 Å². The number of hydrogen-bond donors (Lipinski definition) is 0. The van der Waals surface area contributed by atoms with Gasteiger partial charge < -0.3 is 4.74 Å². The van der Waals surface area contributed by atoms with Crippen LogP contribution < -0.4 is 0 Å². The Morgan fingerprint density at radius 2 is 2.42 bits per heavy atom. The number of ether oxygens (including phenoxy) is 1. The summed E-state index contributed by atoms with van der Waals surface area (Å²) in [7, 11) is 0. The lowest BCUT2D eigenvalue weighted by Gasteiger charge is -2.35. The quantitative estimate of drug-likeness (QED) is 0.549. The number of ketones is 1. The second kappa shape index (κ2) is 2.35. The van der Waals surface area contributed by atoms with E-state index in [0.29, 0.717) is 18.1 Å². The van der Waals surface area contributed by atoms with Crippen LogP contribution in [-0.2, 0) is 9.53 Å². The summed E-state index contributed by atoms with van der Waals surface area (Å²) in [6.45, 7) is 4.15. The van der Waals surface area contributed by atoms with E-state index < -0.39 is 0 Å². The fourth-order valence-electron chi connectivity index (χ4n) is 2.36. The van der Waals surface area contributed by atoms with Gasteiger partial charge in [0.2, 0.25) is 0 Å². The van der Waals surface area contributed by atoms with E-state index in [2.05, 4.69) is 6.92 Å². The number of Topliss-reactive ketones (excluding diaryl/α,β-unsaturated/α-hetero) is 1. The minimum Gasteiger partial charge on any atom is -0.495 e. The van der Waals surface area contributed by atoms with Gasteiger partial charge in [0.05, 0.1) is 6.26 Å². The molecule has 0 spiro atoms. The number of allylic oxidation sites excluding steroid dienone is 1. The van der Waals surface area contributed by atoms with Crippen LogP contribution in [0.4, 0.5) is 0 Å². The summed E-state index contributed by atoms with van der Waals surface area (Å²) in [5.74, 6) is 0.889. The molecule has 2 aliphatic heterocycles. The van der Waals surface area contributed by atoms with Crippen LogP contribution in [0.2, 0.25) is 0 Å². The maximum absolute atomic E-state index is 11.6. The normalized spacial score (nSPS) is 45.7. The van der Waals surface area contributed by atoms with E-state index in [0.717, 1.165) is 6.42 Å². The van der Waals surface area contributed by atoms with Crippen LogP contribution >= 0.6 is 0 Å². The van der Waals surface area contributed by atoms with Crippen LogP contribution in [0.3, 0.4) is 0 Å². The molecule has 2 bridgehead atoms. The Kier molecular flexibility index (Phi) is 1.53. The van der Waals surface area contributed by atoms with E-state index in [1.165, 1.54) is 0 Å². The van der Waals surface area contributed by atoms with Gasteiger partial charge in [-0.2, -0.15) is 0 Å². The fourth-order valence-corrected chi connectivity index (χ4v) is 2.36. The standard InChI is InChI=1S/C10H14O2/c1-7-5-10(2)6-9(11)8(7)3-4-12-10/h3-4,7-8H,5-6H2,1-2H3/t7-,8+,10+/m0/s1. The van der Waals surface area contributed by atoms with E-state index in [9.17, 15) is 4.79 Å². The van der Waals surface area contributed by atoms with Crippen LogP contribution in [0.25, 0.3) is 0 Å². The first-order valence-corrected chi connectivity index (χ1v) is 4.48. The lowest BCUT2D eigenvalue weighted by molar-refractivity contribution is -0.131. The molecule has 1 fully saturated rings. The van der Waals surface area contributed by atoms with Gasteiger partial charge >= 0.3 is 0 Å². The highest BCUT2D eigenvalue weighted by Gasteiger charge is 2.42. The summed E-state index contributed by atoms with van der Waals surface area (Å²) in [6.07, 6.45) is 5.19. The molecule has 2 nitrogen and oxygen atoms in total. The lowest BCUT2D eigenvalue weighted by Crippen LogP contribution is -2.40. The molecule has 0 aromatic heterocycles. The first-order valence-electron chi connectivity index (χ1n) is 4.48. The molecule has 12 heavy (non-hydrogen) atoms. The van der Waals surface area contributed by atoms with Gasteiger partial charge in [-0.3, -0.25) is 4.79 Å². The topological polar surface area (TPSA) is 26.3 Å². The van der Waals surface area contributed by atoms with Crippen molar-refractivity contribution in [2.75, 3.05) is 0 Å². The number of fused-ring (bicyclic) bond motifs is 3. The molecule has 3 rings (SSSR count). The summed E-state index contributed by atoms with van der Waals surface area (Å²) in [5.41, 5.74) is -0.222. The van der Waals surface area contributed by atoms with Crippen molar-refractivity contribution in [3.8, 4) is 0 Å². The first-order chi connectivity index (χ1) is 5.61. The number of carbonyl (C=O) groups is 1. The van der Waals surface area contributed by atoms with Crippen molar-refractivity contribution >= 4 is 5.78 Å². The Labute approximate surface area is 72.6 Å². The van der Waals surface area contributed by atoms with Crippen LogP contribution in [0.1, 0.15) is 26.7 Å². The van der Waals surface area contributed by atoms with Crippen molar-refractivity contribution in [2.45, 2.75) is 32.3 Å². The van der Waals surface area contributed by atoms with Crippen molar-refractivity contribution in [3.63, 3.8) is 0 Å². The van der Waals surface area contributed by atoms with Crippen molar-refractivity contribution in [3.05, 3.63) is 12.3 Å². The van der Waals surface area contributed by atoms with Crippen molar-refractivity contribution in [2.24, 2.45) is 11.8 Å². The van der Waals surface area contributed by atoms with Crippen LogP contribution in [0.15, 0.2) is 12.3 Å². The van der Waals surface area contributed by atoms with E-state index in [4.69, 9.17) is 4.74 Å². The van der Waals surface area contributed by atoms with Gasteiger partial charge in [0.25, 0.3) is 0 Å². The van der Waals surface area contributed by atoms with E-state index in [1.54, 1.807) is 6.26 Å². The summed E-state index contributed by atoms with van der Waals surface area (Å²) in [4.78, 5) is 11.6. The number of carbonyl (C=O) groups excluding carboxylic acids is 1. The molecular weight excluding hydrogens is 152 g/mol. The second-order valence-electron chi connectivity index (χ2n) is 4.25. The molecule has 2 heteroatoms. The Hall–Kier alpha value is -0.790. The van der Waals surface area contributed by atoms with Gasteiger partial charge in [0, 0.05) is 12.3 Å². The minimum atomic E-state index is -0.222. The van der Waals surface area contributed by atoms with E-state index >= 15 is 0 Å². The maximum atomic E-state index is 11.6. The molecule has 0 N–H and O–H groups in total. The first kappa shape index (κ1) is 7.84. The molecule has 0 radical (unpaired) electrons. The molecule has 66 valence electrons. The SMILES string of the molecule is C[C@H]1C[C@]2(C)CC(=O)[C@@H]1C=CO2. The van der Waals surface area contributed by atoms with Crippen LogP contribution in [0.5, 0.6) is 0 Å². The zero-order valence-electron chi connectivity index (χ0n) is 7.54. The minimum absolute atomic E-state index is 0.112. The Bertz CT molecular complexity index is 244. The van der Waals surface area contributed by atoms with Crippen LogP contribution in [-0.4, -0.2) is 11.4 Å². The number of hydrogen-bond acceptors (Lipinski definition) is 2. The van der Waals surface area contributed by atoms with Crippen molar-refractivity contribution < 1.29 is 9.53 Å². The molecule has 1 saturated carbocycles. The molecule has 3 atom stereocenters. The predicted octanol–water partition coefficient (Wildman–Crippen LogP) is 1.90. The summed E-state index contributed by atoms with van der Waals surface area (Å²) in [5, 5.41) is 0. The van der Waals surface area contributed by atoms with Gasteiger partial charge in [-0.25, -0.2) is 0 Å². The third kappa shape index (κ3) is 1.06. The van der Waals surface area contributed by atoms with Gasteiger partial charge in [0.15, 0.2) is 0 Å². The van der Waals surface area contributed by atoms with Gasteiger partial charge in [-0.05, 0) is 25.3 Å². The molecule has 0 saturated heterocycles. The summed E-state index contributed by atoms with van der Waals surface area (Å²) >= 11 is 0. The van der Waals surface area contributed by atoms with Gasteiger partial charge in [-0.1, -0.05) is 6.92 Å². The number of rotatable bonds is 0. The smallest absolute Gasteiger partial charge is 0.144 e. The molecule has 2 heterocycles. The largest absolute Gasteiger partial charge is 0.495 e. The highest BCUT2D eigenvalue weighted by molar-refractivity contribution is 5.85. The molecular formula is C10H14O2. The average Bonchev–Trinajstić information content (AvgIpc) is 2.14. The average molecular weight is 166 g/mol. The molecule has 0 unspecified atom stereocenters. The third-order valence-corrected chi connectivity index (χ3v) is 2.93. The predicted molar refractivity (Wildman–Crippen MR) is 45.5 cm³/mol. The molecule has 1 aliphatic carbocycles. The zero-order valence-corrected chi connectivity index (χ0v) is 7.54. The maximum Gasteiger partial charge on any atom is 0.144 e. The Morgan fingerprint density at radius 1 is 1.67 bits per heavy atom. The van der Waals surface area contributed by atoms with Crippen molar-refractivity contribution in [1.82, 2.24) is 0 Å². The van der Waals surface area contributed by atoms with Crippen LogP contribution in [0, 0.1) is 11.8 Å². The van der Waals surface area contributed by atoms with Crippen molar-refractivity contribution in [1.29, 1.82) is 0 Å². The van der Waals surface area contributed by atoms with Gasteiger partial charge in [-0.15, -0.1) is 0 Å². The second-order valence-corrected chi connectivity index (χ2v) is 4.25. The van der Waals surface area contributed by atoms with E-state index in [-0.39, 0.29) is 11.5 Å². The molecule has 0 aromatic carbocycles. The molecule has 0 aromatic rings. The van der Waals surface area contributed by atoms with E-state index in [1.807, 2.05) is 13.0 Å². The summed E-state index contributed by atoms with van der Waals surface area (Å²) < 4.78 is 5.52.